The quantitative estimate of drug-likeness (QED) is 0.606. The fourth-order valence-electron chi connectivity index (χ4n) is 3.38. The molecule has 0 fully saturated rings. The average Bonchev–Trinajstić information content (AvgIpc) is 2.92. The van der Waals surface area contributed by atoms with Crippen molar-refractivity contribution in [2.75, 3.05) is 20.6 Å². The van der Waals surface area contributed by atoms with Gasteiger partial charge in [-0.3, -0.25) is 4.31 Å². The fraction of sp³-hybridized carbons (Fsp3) is 0.227. The van der Waals surface area contributed by atoms with Crippen LogP contribution in [0.25, 0.3) is 22.0 Å². The van der Waals surface area contributed by atoms with Gasteiger partial charge in [-0.1, -0.05) is 12.1 Å². The minimum Gasteiger partial charge on any atom is -0.337 e. The zero-order valence-corrected chi connectivity index (χ0v) is 17.1. The second-order valence-corrected chi connectivity index (χ2v) is 8.09. The van der Waals surface area contributed by atoms with E-state index in [4.69, 9.17) is 5.73 Å². The van der Waals surface area contributed by atoms with Crippen molar-refractivity contribution in [1.82, 2.24) is 8.87 Å². The van der Waals surface area contributed by atoms with E-state index in [9.17, 15) is 9.65 Å². The predicted molar refractivity (Wildman–Crippen MR) is 115 cm³/mol. The maximum atomic E-state index is 14.3. The molecule has 144 valence electrons. The highest BCUT2D eigenvalue weighted by atomic mass is 32.2. The molecule has 0 saturated heterocycles. The Kier molecular flexibility index (Phi) is 6.20. The van der Waals surface area contributed by atoms with Crippen molar-refractivity contribution >= 4 is 22.9 Å². The number of aromatic nitrogens is 1. The standard InChI is InChI=1S/C22H23FN4S/c1-15-22(17-5-4-6-19(12-17)28-26(2)3)20-11-16(13-25)7-8-21(20)27(15)14-18(23)9-10-24/h4-9,11-12H,10,14,24H2,1-3H3/b18-9-. The lowest BCUT2D eigenvalue weighted by Gasteiger charge is -2.11. The first kappa shape index (κ1) is 20.2. The van der Waals surface area contributed by atoms with E-state index < -0.39 is 0 Å². The molecule has 0 aliphatic heterocycles. The average molecular weight is 395 g/mol. The van der Waals surface area contributed by atoms with Crippen LogP contribution >= 0.6 is 11.9 Å². The summed E-state index contributed by atoms with van der Waals surface area (Å²) in [5, 5.41) is 10.3. The van der Waals surface area contributed by atoms with Crippen LogP contribution in [0.2, 0.25) is 0 Å². The van der Waals surface area contributed by atoms with Crippen LogP contribution in [0.5, 0.6) is 0 Å². The van der Waals surface area contributed by atoms with E-state index in [0.29, 0.717) is 5.56 Å². The van der Waals surface area contributed by atoms with Crippen LogP contribution < -0.4 is 5.73 Å². The summed E-state index contributed by atoms with van der Waals surface area (Å²) in [6, 6.07) is 16.0. The molecule has 0 spiro atoms. The number of allylic oxidation sites excluding steroid dienone is 1. The highest BCUT2D eigenvalue weighted by molar-refractivity contribution is 7.97. The molecule has 0 bridgehead atoms. The number of benzene rings is 2. The normalized spacial score (nSPS) is 12.0. The van der Waals surface area contributed by atoms with Crippen molar-refractivity contribution in [3.63, 3.8) is 0 Å². The van der Waals surface area contributed by atoms with Gasteiger partial charge in [-0.15, -0.1) is 0 Å². The summed E-state index contributed by atoms with van der Waals surface area (Å²) in [5.41, 5.74) is 9.97. The van der Waals surface area contributed by atoms with Crippen molar-refractivity contribution in [2.45, 2.75) is 18.4 Å². The third-order valence-electron chi connectivity index (χ3n) is 4.51. The van der Waals surface area contributed by atoms with E-state index in [1.165, 1.54) is 6.08 Å². The molecule has 0 aliphatic rings. The Morgan fingerprint density at radius 2 is 2.07 bits per heavy atom. The minimum atomic E-state index is -0.268. The number of rotatable bonds is 6. The van der Waals surface area contributed by atoms with Crippen LogP contribution in [0, 0.1) is 18.3 Å². The van der Waals surface area contributed by atoms with Crippen LogP contribution in [0.3, 0.4) is 0 Å². The Balaban J connectivity index is 2.23. The van der Waals surface area contributed by atoms with E-state index in [0.717, 1.165) is 32.6 Å². The highest BCUT2D eigenvalue weighted by Crippen LogP contribution is 2.37. The molecule has 3 rings (SSSR count). The van der Waals surface area contributed by atoms with Crippen LogP contribution in [0.4, 0.5) is 4.39 Å². The first-order chi connectivity index (χ1) is 13.4. The van der Waals surface area contributed by atoms with Gasteiger partial charge < -0.3 is 10.3 Å². The number of nitrogens with two attached hydrogens (primary N) is 1. The Morgan fingerprint density at radius 1 is 1.29 bits per heavy atom. The molecule has 2 aromatic carbocycles. The van der Waals surface area contributed by atoms with Gasteiger partial charge in [0.2, 0.25) is 0 Å². The zero-order valence-electron chi connectivity index (χ0n) is 16.2. The van der Waals surface area contributed by atoms with E-state index in [2.05, 4.69) is 24.3 Å². The molecular weight excluding hydrogens is 371 g/mol. The van der Waals surface area contributed by atoms with E-state index >= 15 is 0 Å². The molecule has 2 N–H and O–H groups in total. The van der Waals surface area contributed by atoms with Gasteiger partial charge in [-0.2, -0.15) is 5.26 Å². The minimum absolute atomic E-state index is 0.123. The maximum Gasteiger partial charge on any atom is 0.117 e. The van der Waals surface area contributed by atoms with Crippen molar-refractivity contribution in [1.29, 1.82) is 5.26 Å². The molecular formula is C22H23FN4S. The van der Waals surface area contributed by atoms with E-state index in [-0.39, 0.29) is 18.9 Å². The number of hydrogen-bond acceptors (Lipinski definition) is 4. The maximum absolute atomic E-state index is 14.3. The molecule has 6 heteroatoms. The number of nitrogens with zero attached hydrogens (tertiary/aromatic N) is 3. The Hall–Kier alpha value is -2.59. The first-order valence-electron chi connectivity index (χ1n) is 8.98. The lowest BCUT2D eigenvalue weighted by molar-refractivity contribution is 0.555. The molecule has 0 atom stereocenters. The molecule has 0 unspecified atom stereocenters. The van der Waals surface area contributed by atoms with Gasteiger partial charge in [-0.05, 0) is 74.9 Å². The molecule has 1 aromatic heterocycles. The topological polar surface area (TPSA) is 58.0 Å². The third kappa shape index (κ3) is 4.12. The molecule has 0 aliphatic carbocycles. The van der Waals surface area contributed by atoms with Gasteiger partial charge in [0.1, 0.15) is 5.83 Å². The Labute approximate surface area is 169 Å². The summed E-state index contributed by atoms with van der Waals surface area (Å²) < 4.78 is 18.2. The van der Waals surface area contributed by atoms with Crippen molar-refractivity contribution in [3.05, 3.63) is 65.6 Å². The Morgan fingerprint density at radius 3 is 2.75 bits per heavy atom. The van der Waals surface area contributed by atoms with Gasteiger partial charge in [0.15, 0.2) is 0 Å². The number of fused-ring (bicyclic) bond motifs is 1. The van der Waals surface area contributed by atoms with Gasteiger partial charge in [-0.25, -0.2) is 4.39 Å². The molecule has 1 heterocycles. The lowest BCUT2D eigenvalue weighted by Crippen LogP contribution is -2.03. The summed E-state index contributed by atoms with van der Waals surface area (Å²) in [4.78, 5) is 1.12. The Bertz CT molecular complexity index is 1080. The first-order valence-corrected chi connectivity index (χ1v) is 9.75. The second-order valence-electron chi connectivity index (χ2n) is 6.71. The van der Waals surface area contributed by atoms with Gasteiger partial charge in [0.05, 0.1) is 18.2 Å². The smallest absolute Gasteiger partial charge is 0.117 e. The lowest BCUT2D eigenvalue weighted by atomic mass is 10.0. The fourth-order valence-corrected chi connectivity index (χ4v) is 4.12. The molecule has 4 nitrogen and oxygen atoms in total. The highest BCUT2D eigenvalue weighted by Gasteiger charge is 2.17. The number of nitriles is 1. The number of hydrogen-bond donors (Lipinski definition) is 1. The van der Waals surface area contributed by atoms with Gasteiger partial charge in [0.25, 0.3) is 0 Å². The van der Waals surface area contributed by atoms with Crippen LogP contribution in [0.15, 0.2) is 59.3 Å². The molecule has 0 radical (unpaired) electrons. The summed E-state index contributed by atoms with van der Waals surface area (Å²) in [6.45, 7) is 2.28. The zero-order chi connectivity index (χ0) is 20.3. The predicted octanol–water partition coefficient (Wildman–Crippen LogP) is 4.87. The van der Waals surface area contributed by atoms with Crippen LogP contribution in [0.1, 0.15) is 11.3 Å². The van der Waals surface area contributed by atoms with Crippen molar-refractivity contribution in [3.8, 4) is 17.2 Å². The van der Waals surface area contributed by atoms with E-state index in [1.807, 2.05) is 48.1 Å². The SMILES string of the molecule is Cc1c(-c2cccc(SN(C)C)c2)c2cc(C#N)ccc2n1C/C(F)=C/CN. The molecule has 0 amide bonds. The summed E-state index contributed by atoms with van der Waals surface area (Å²) in [6.07, 6.45) is 1.39. The number of halogens is 1. The third-order valence-corrected chi connectivity index (χ3v) is 5.34. The van der Waals surface area contributed by atoms with E-state index in [1.54, 1.807) is 18.0 Å². The van der Waals surface area contributed by atoms with Crippen molar-refractivity contribution < 1.29 is 4.39 Å². The largest absolute Gasteiger partial charge is 0.337 e. The summed E-state index contributed by atoms with van der Waals surface area (Å²) >= 11 is 1.64. The van der Waals surface area contributed by atoms with Gasteiger partial charge >= 0.3 is 0 Å². The van der Waals surface area contributed by atoms with Gasteiger partial charge in [0, 0.05) is 33.6 Å². The van der Waals surface area contributed by atoms with Crippen LogP contribution in [-0.2, 0) is 6.54 Å². The summed E-state index contributed by atoms with van der Waals surface area (Å²) in [7, 11) is 4.00. The second kappa shape index (κ2) is 8.61. The molecule has 0 saturated carbocycles. The van der Waals surface area contributed by atoms with Crippen LogP contribution in [-0.4, -0.2) is 29.5 Å². The monoisotopic (exact) mass is 394 g/mol. The summed E-state index contributed by atoms with van der Waals surface area (Å²) in [5.74, 6) is -0.268. The van der Waals surface area contributed by atoms with Crippen molar-refractivity contribution in [2.24, 2.45) is 5.73 Å². The molecule has 3 aromatic rings. The molecule has 28 heavy (non-hydrogen) atoms.